The molecule has 0 saturated heterocycles. The van der Waals surface area contributed by atoms with Gasteiger partial charge < -0.3 is 15.0 Å². The van der Waals surface area contributed by atoms with Crippen molar-refractivity contribution < 1.29 is 4.74 Å². The first-order chi connectivity index (χ1) is 11.6. The highest BCUT2D eigenvalue weighted by atomic mass is 16.5. The number of nitrogens with zero attached hydrogens (tertiary/aromatic N) is 4. The average molecular weight is 329 g/mol. The minimum absolute atomic E-state index is 0.167. The van der Waals surface area contributed by atoms with Gasteiger partial charge in [-0.15, -0.1) is 5.10 Å². The van der Waals surface area contributed by atoms with Crippen LogP contribution < -0.4 is 15.0 Å². The Morgan fingerprint density at radius 1 is 1.08 bits per heavy atom. The third kappa shape index (κ3) is 5.37. The van der Waals surface area contributed by atoms with Crippen LogP contribution in [0.3, 0.4) is 0 Å². The number of ether oxygens (including phenoxy) is 1. The van der Waals surface area contributed by atoms with Crippen molar-refractivity contribution in [1.82, 2.24) is 15.2 Å². The van der Waals surface area contributed by atoms with Crippen molar-refractivity contribution in [3.63, 3.8) is 0 Å². The molecule has 0 aliphatic heterocycles. The molecular weight excluding hydrogens is 302 g/mol. The number of anilines is 3. The SMILES string of the molecule is CCCN(CCC)c1nncc(Nc2ccc(OC(C)C)cc2)n1. The van der Waals surface area contributed by atoms with Gasteiger partial charge in [-0.25, -0.2) is 0 Å². The Morgan fingerprint density at radius 3 is 2.33 bits per heavy atom. The van der Waals surface area contributed by atoms with Crippen LogP contribution in [0.15, 0.2) is 30.5 Å². The Morgan fingerprint density at radius 2 is 1.75 bits per heavy atom. The average Bonchev–Trinajstić information content (AvgIpc) is 2.56. The molecule has 24 heavy (non-hydrogen) atoms. The predicted octanol–water partition coefficient (Wildman–Crippen LogP) is 4.03. The number of aromatic nitrogens is 3. The van der Waals surface area contributed by atoms with E-state index in [1.807, 2.05) is 38.1 Å². The highest BCUT2D eigenvalue weighted by Gasteiger charge is 2.09. The van der Waals surface area contributed by atoms with E-state index in [2.05, 4.69) is 39.2 Å². The second-order valence-electron chi connectivity index (χ2n) is 5.94. The summed E-state index contributed by atoms with van der Waals surface area (Å²) in [5.74, 6) is 2.22. The first-order valence-corrected chi connectivity index (χ1v) is 8.60. The molecule has 0 spiro atoms. The molecule has 1 N–H and O–H groups in total. The van der Waals surface area contributed by atoms with Crippen LogP contribution in [-0.2, 0) is 0 Å². The van der Waals surface area contributed by atoms with Crippen molar-refractivity contribution in [3.05, 3.63) is 30.5 Å². The van der Waals surface area contributed by atoms with Crippen LogP contribution >= 0.6 is 0 Å². The zero-order valence-electron chi connectivity index (χ0n) is 15.0. The van der Waals surface area contributed by atoms with Gasteiger partial charge in [-0.05, 0) is 51.0 Å². The van der Waals surface area contributed by atoms with Crippen molar-refractivity contribution in [2.24, 2.45) is 0 Å². The Balaban J connectivity index is 2.08. The quantitative estimate of drug-likeness (QED) is 0.749. The molecule has 0 aliphatic rings. The van der Waals surface area contributed by atoms with Gasteiger partial charge in [0.2, 0.25) is 5.95 Å². The van der Waals surface area contributed by atoms with Crippen LogP contribution in [0, 0.1) is 0 Å². The first-order valence-electron chi connectivity index (χ1n) is 8.60. The van der Waals surface area contributed by atoms with Gasteiger partial charge in [-0.3, -0.25) is 0 Å². The van der Waals surface area contributed by atoms with Crippen LogP contribution in [-0.4, -0.2) is 34.4 Å². The lowest BCUT2D eigenvalue weighted by Gasteiger charge is -2.21. The van der Waals surface area contributed by atoms with Crippen molar-refractivity contribution in [2.75, 3.05) is 23.3 Å². The standard InChI is InChI=1S/C18H27N5O/c1-5-11-23(12-6-2)18-21-17(13-19-22-18)20-15-7-9-16(10-8-15)24-14(3)4/h7-10,13-14H,5-6,11-12H2,1-4H3,(H,20,21,22). The van der Waals surface area contributed by atoms with E-state index in [9.17, 15) is 0 Å². The maximum absolute atomic E-state index is 5.65. The lowest BCUT2D eigenvalue weighted by atomic mass is 10.3. The topological polar surface area (TPSA) is 63.2 Å². The van der Waals surface area contributed by atoms with Gasteiger partial charge in [0.05, 0.1) is 12.3 Å². The van der Waals surface area contributed by atoms with E-state index in [1.165, 1.54) is 0 Å². The van der Waals surface area contributed by atoms with E-state index in [0.29, 0.717) is 11.8 Å². The summed E-state index contributed by atoms with van der Waals surface area (Å²) in [6, 6.07) is 7.82. The fraction of sp³-hybridized carbons (Fsp3) is 0.500. The lowest BCUT2D eigenvalue weighted by Crippen LogP contribution is -2.27. The Labute approximate surface area is 144 Å². The molecule has 0 aliphatic carbocycles. The molecule has 130 valence electrons. The second kappa shape index (κ2) is 9.05. The highest BCUT2D eigenvalue weighted by Crippen LogP contribution is 2.20. The van der Waals surface area contributed by atoms with Gasteiger partial charge >= 0.3 is 0 Å². The molecule has 6 heteroatoms. The molecule has 2 rings (SSSR count). The van der Waals surface area contributed by atoms with Crippen molar-refractivity contribution in [1.29, 1.82) is 0 Å². The van der Waals surface area contributed by atoms with Gasteiger partial charge in [0.15, 0.2) is 5.82 Å². The van der Waals surface area contributed by atoms with E-state index in [4.69, 9.17) is 4.74 Å². The monoisotopic (exact) mass is 329 g/mol. The van der Waals surface area contributed by atoms with Gasteiger partial charge in [0.25, 0.3) is 0 Å². The first kappa shape index (κ1) is 18.0. The molecule has 0 radical (unpaired) electrons. The zero-order chi connectivity index (χ0) is 17.4. The summed E-state index contributed by atoms with van der Waals surface area (Å²) >= 11 is 0. The molecule has 1 aromatic carbocycles. The highest BCUT2D eigenvalue weighted by molar-refractivity contribution is 5.57. The molecule has 0 unspecified atom stereocenters. The number of hydrogen-bond acceptors (Lipinski definition) is 6. The molecule has 0 fully saturated rings. The summed E-state index contributed by atoms with van der Waals surface area (Å²) in [6.07, 6.45) is 3.91. The van der Waals surface area contributed by atoms with Crippen LogP contribution in [0.25, 0.3) is 0 Å². The Kier molecular flexibility index (Phi) is 6.78. The van der Waals surface area contributed by atoms with E-state index in [1.54, 1.807) is 6.20 Å². The van der Waals surface area contributed by atoms with E-state index in [0.717, 1.165) is 37.4 Å². The molecule has 2 aromatic rings. The summed E-state index contributed by atoms with van der Waals surface area (Å²) in [5, 5.41) is 11.5. The Hall–Kier alpha value is -2.37. The normalized spacial score (nSPS) is 10.7. The van der Waals surface area contributed by atoms with Gasteiger partial charge in [0.1, 0.15) is 5.75 Å². The molecular formula is C18H27N5O. The minimum Gasteiger partial charge on any atom is -0.491 e. The van der Waals surface area contributed by atoms with Crippen molar-refractivity contribution >= 4 is 17.5 Å². The smallest absolute Gasteiger partial charge is 0.247 e. The maximum Gasteiger partial charge on any atom is 0.247 e. The molecule has 0 amide bonds. The van der Waals surface area contributed by atoms with E-state index in [-0.39, 0.29) is 6.10 Å². The number of benzene rings is 1. The minimum atomic E-state index is 0.167. The summed E-state index contributed by atoms with van der Waals surface area (Å²) in [7, 11) is 0. The molecule has 0 bridgehead atoms. The van der Waals surface area contributed by atoms with E-state index >= 15 is 0 Å². The summed E-state index contributed by atoms with van der Waals surface area (Å²) < 4.78 is 5.65. The van der Waals surface area contributed by atoms with Gasteiger partial charge in [0, 0.05) is 18.8 Å². The summed E-state index contributed by atoms with van der Waals surface area (Å²) in [6.45, 7) is 10.2. The number of hydrogen-bond donors (Lipinski definition) is 1. The fourth-order valence-corrected chi connectivity index (χ4v) is 2.38. The van der Waals surface area contributed by atoms with Gasteiger partial charge in [-0.2, -0.15) is 10.1 Å². The van der Waals surface area contributed by atoms with E-state index < -0.39 is 0 Å². The number of rotatable bonds is 9. The maximum atomic E-state index is 5.65. The zero-order valence-corrected chi connectivity index (χ0v) is 15.0. The van der Waals surface area contributed by atoms with Crippen LogP contribution in [0.4, 0.5) is 17.5 Å². The lowest BCUT2D eigenvalue weighted by molar-refractivity contribution is 0.242. The molecule has 0 saturated carbocycles. The molecule has 0 atom stereocenters. The van der Waals surface area contributed by atoms with Crippen molar-refractivity contribution in [2.45, 2.75) is 46.6 Å². The molecule has 1 heterocycles. The summed E-state index contributed by atoms with van der Waals surface area (Å²) in [5.41, 5.74) is 0.940. The summed E-state index contributed by atoms with van der Waals surface area (Å²) in [4.78, 5) is 6.75. The second-order valence-corrected chi connectivity index (χ2v) is 5.94. The Bertz CT molecular complexity index is 609. The number of nitrogens with one attached hydrogen (secondary N) is 1. The van der Waals surface area contributed by atoms with Gasteiger partial charge in [-0.1, -0.05) is 13.8 Å². The van der Waals surface area contributed by atoms with Crippen molar-refractivity contribution in [3.8, 4) is 5.75 Å². The molecule has 1 aromatic heterocycles. The molecule has 6 nitrogen and oxygen atoms in total. The third-order valence-corrected chi connectivity index (χ3v) is 3.32. The van der Waals surface area contributed by atoms with Crippen LogP contribution in [0.5, 0.6) is 5.75 Å². The van der Waals surface area contributed by atoms with Crippen LogP contribution in [0.1, 0.15) is 40.5 Å². The van der Waals surface area contributed by atoms with Crippen LogP contribution in [0.2, 0.25) is 0 Å². The fourth-order valence-electron chi connectivity index (χ4n) is 2.38. The third-order valence-electron chi connectivity index (χ3n) is 3.32. The predicted molar refractivity (Wildman–Crippen MR) is 98.1 cm³/mol. The largest absolute Gasteiger partial charge is 0.491 e.